The maximum atomic E-state index is 13.9. The number of ether oxygens (including phenoxy) is 1. The van der Waals surface area contributed by atoms with Gasteiger partial charge in [0.05, 0.1) is 16.8 Å². The Morgan fingerprint density at radius 2 is 1.98 bits per heavy atom. The van der Waals surface area contributed by atoms with E-state index >= 15 is 0 Å². The second kappa shape index (κ2) is 12.8. The third kappa shape index (κ3) is 6.50. The number of para-hydroxylation sites is 2. The Labute approximate surface area is 251 Å². The first kappa shape index (κ1) is 29.3. The van der Waals surface area contributed by atoms with Gasteiger partial charge in [-0.05, 0) is 67.5 Å². The summed E-state index contributed by atoms with van der Waals surface area (Å²) in [6.45, 7) is 4.46. The van der Waals surface area contributed by atoms with Crippen LogP contribution >= 0.6 is 22.7 Å². The number of nitrogens with one attached hydrogen (secondary N) is 1. The van der Waals surface area contributed by atoms with Crippen LogP contribution in [0.4, 0.5) is 14.7 Å². The van der Waals surface area contributed by atoms with Crippen molar-refractivity contribution in [3.05, 3.63) is 88.2 Å². The Morgan fingerprint density at radius 3 is 2.71 bits per heavy atom. The van der Waals surface area contributed by atoms with E-state index in [9.17, 15) is 14.3 Å². The molecule has 3 heterocycles. The van der Waals surface area contributed by atoms with Crippen molar-refractivity contribution in [3.8, 4) is 5.75 Å². The summed E-state index contributed by atoms with van der Waals surface area (Å²) in [6.07, 6.45) is 4.25. The molecule has 0 amide bonds. The minimum atomic E-state index is -1.10. The van der Waals surface area contributed by atoms with E-state index in [2.05, 4.69) is 29.1 Å². The standard InChI is InChI=1S/C30H33FN6O3S2/c1-17(2)21-14-13-18(16-25(32)35-29-34-20-9-4-6-11-23(20)41-29)27(33)37(21)30-36-26(28(38)39)24(42-30)12-7-15-40-22-10-5-3-8-19(22)31/h3-6,8-11,16-17,21H,7,12-15,32-33H2,1-2H3,(H,34,35)(H,38,39)/b25-16+. The number of nitrogens with two attached hydrogens (primary N) is 2. The van der Waals surface area contributed by atoms with Gasteiger partial charge in [-0.15, -0.1) is 11.3 Å². The number of carboxylic acid groups (broad SMARTS) is 1. The number of halogens is 1. The lowest BCUT2D eigenvalue weighted by molar-refractivity contribution is 0.0690. The molecule has 220 valence electrons. The number of anilines is 2. The number of allylic oxidation sites excluding steroid dienone is 2. The fourth-order valence-electron chi connectivity index (χ4n) is 4.94. The molecule has 0 bridgehead atoms. The van der Waals surface area contributed by atoms with E-state index in [1.165, 1.54) is 28.7 Å². The predicted octanol–water partition coefficient (Wildman–Crippen LogP) is 6.31. The highest BCUT2D eigenvalue weighted by molar-refractivity contribution is 7.22. The summed E-state index contributed by atoms with van der Waals surface area (Å²) in [5.41, 5.74) is 14.8. The molecule has 2 aromatic heterocycles. The van der Waals surface area contributed by atoms with Crippen LogP contribution in [-0.2, 0) is 6.42 Å². The normalized spacial score (nSPS) is 16.0. The van der Waals surface area contributed by atoms with Crippen molar-refractivity contribution in [3.63, 3.8) is 0 Å². The Balaban J connectivity index is 1.37. The minimum Gasteiger partial charge on any atom is -0.491 e. The van der Waals surface area contributed by atoms with Crippen molar-refractivity contribution in [1.29, 1.82) is 0 Å². The Hall–Kier alpha value is -4.16. The number of fused-ring (bicyclic) bond motifs is 1. The number of nitrogens with zero attached hydrogens (tertiary/aromatic N) is 3. The minimum absolute atomic E-state index is 0.00381. The summed E-state index contributed by atoms with van der Waals surface area (Å²) in [5.74, 6) is -0.222. The number of aryl methyl sites for hydroxylation is 1. The first-order valence-corrected chi connectivity index (χ1v) is 15.3. The van der Waals surface area contributed by atoms with E-state index in [-0.39, 0.29) is 30.0 Å². The fourth-order valence-corrected chi connectivity index (χ4v) is 7.00. The first-order valence-electron chi connectivity index (χ1n) is 13.7. The predicted molar refractivity (Wildman–Crippen MR) is 166 cm³/mol. The van der Waals surface area contributed by atoms with Gasteiger partial charge in [0.1, 0.15) is 11.6 Å². The second-order valence-corrected chi connectivity index (χ2v) is 12.4. The zero-order valence-electron chi connectivity index (χ0n) is 23.3. The molecule has 0 spiro atoms. The molecule has 0 fully saturated rings. The highest BCUT2D eigenvalue weighted by Gasteiger charge is 2.33. The Morgan fingerprint density at radius 1 is 1.21 bits per heavy atom. The lowest BCUT2D eigenvalue weighted by Gasteiger charge is -2.39. The number of rotatable bonds is 11. The molecule has 9 nitrogen and oxygen atoms in total. The van der Waals surface area contributed by atoms with E-state index in [1.54, 1.807) is 18.2 Å². The van der Waals surface area contributed by atoms with Gasteiger partial charge in [-0.3, -0.25) is 0 Å². The molecule has 0 aliphatic carbocycles. The first-order chi connectivity index (χ1) is 20.2. The molecule has 4 aromatic rings. The monoisotopic (exact) mass is 608 g/mol. The second-order valence-electron chi connectivity index (χ2n) is 10.3. The number of hydrogen-bond acceptors (Lipinski definition) is 10. The van der Waals surface area contributed by atoms with Gasteiger partial charge in [-0.1, -0.05) is 49.4 Å². The average Bonchev–Trinajstić information content (AvgIpc) is 3.56. The third-order valence-corrected chi connectivity index (χ3v) is 9.08. The lowest BCUT2D eigenvalue weighted by atomic mass is 9.91. The molecule has 0 saturated heterocycles. The van der Waals surface area contributed by atoms with Crippen LogP contribution < -0.4 is 26.4 Å². The van der Waals surface area contributed by atoms with Crippen molar-refractivity contribution in [2.75, 3.05) is 16.8 Å². The SMILES string of the molecule is CC(C)C1CCC(/C=C(\N)Nc2nc3ccccc3s2)=C(N)N1c1nc(C(=O)O)c(CCCOc2ccccc2F)s1. The van der Waals surface area contributed by atoms with Crippen molar-refractivity contribution in [1.82, 2.24) is 9.97 Å². The van der Waals surface area contributed by atoms with Gasteiger partial charge in [0.15, 0.2) is 27.5 Å². The van der Waals surface area contributed by atoms with Crippen molar-refractivity contribution in [2.45, 2.75) is 45.6 Å². The van der Waals surface area contributed by atoms with Crippen LogP contribution in [0.15, 0.2) is 71.8 Å². The molecular formula is C30H33FN6O3S2. The largest absolute Gasteiger partial charge is 0.491 e. The van der Waals surface area contributed by atoms with Crippen LogP contribution in [0.5, 0.6) is 5.75 Å². The molecule has 2 aromatic carbocycles. The van der Waals surface area contributed by atoms with Gasteiger partial charge >= 0.3 is 5.97 Å². The molecule has 1 atom stereocenters. The van der Waals surface area contributed by atoms with Crippen LogP contribution in [0.25, 0.3) is 10.2 Å². The van der Waals surface area contributed by atoms with Crippen LogP contribution in [0.3, 0.4) is 0 Å². The van der Waals surface area contributed by atoms with Crippen molar-refractivity contribution < 1.29 is 19.0 Å². The van der Waals surface area contributed by atoms with E-state index in [0.717, 1.165) is 22.2 Å². The van der Waals surface area contributed by atoms with Crippen LogP contribution in [0.2, 0.25) is 0 Å². The van der Waals surface area contributed by atoms with Crippen LogP contribution in [0.1, 0.15) is 48.5 Å². The van der Waals surface area contributed by atoms with Gasteiger partial charge in [-0.2, -0.15) is 0 Å². The maximum Gasteiger partial charge on any atom is 0.355 e. The summed E-state index contributed by atoms with van der Waals surface area (Å²) < 4.78 is 20.5. The summed E-state index contributed by atoms with van der Waals surface area (Å²) in [5, 5.41) is 14.3. The number of aromatic carboxylic acids is 1. The number of carboxylic acids is 1. The zero-order chi connectivity index (χ0) is 29.8. The maximum absolute atomic E-state index is 13.9. The molecule has 1 unspecified atom stereocenters. The van der Waals surface area contributed by atoms with Gasteiger partial charge in [0, 0.05) is 10.9 Å². The highest BCUT2D eigenvalue weighted by atomic mass is 32.1. The fraction of sp³-hybridized carbons (Fsp3) is 0.300. The lowest BCUT2D eigenvalue weighted by Crippen LogP contribution is -2.44. The summed E-state index contributed by atoms with van der Waals surface area (Å²) in [6, 6.07) is 14.1. The van der Waals surface area contributed by atoms with Crippen molar-refractivity contribution in [2.24, 2.45) is 17.4 Å². The van der Waals surface area contributed by atoms with E-state index in [0.29, 0.717) is 46.0 Å². The third-order valence-electron chi connectivity index (χ3n) is 7.01. The number of aromatic nitrogens is 2. The summed E-state index contributed by atoms with van der Waals surface area (Å²) in [7, 11) is 0. The molecule has 1 aliphatic rings. The van der Waals surface area contributed by atoms with E-state index in [1.807, 2.05) is 35.2 Å². The molecule has 1 aliphatic heterocycles. The van der Waals surface area contributed by atoms with E-state index < -0.39 is 11.8 Å². The number of thiazole rings is 2. The number of benzene rings is 2. The Kier molecular flexibility index (Phi) is 8.93. The van der Waals surface area contributed by atoms with Crippen LogP contribution in [-0.4, -0.2) is 33.7 Å². The molecule has 0 saturated carbocycles. The number of hydrogen-bond donors (Lipinski definition) is 4. The summed E-state index contributed by atoms with van der Waals surface area (Å²) >= 11 is 2.82. The molecule has 0 radical (unpaired) electrons. The quantitative estimate of drug-likeness (QED) is 0.144. The van der Waals surface area contributed by atoms with Crippen LogP contribution in [0, 0.1) is 11.7 Å². The van der Waals surface area contributed by atoms with Gasteiger partial charge in [0.2, 0.25) is 0 Å². The molecule has 42 heavy (non-hydrogen) atoms. The topological polar surface area (TPSA) is 140 Å². The number of carbonyl (C=O) groups is 1. The molecule has 6 N–H and O–H groups in total. The van der Waals surface area contributed by atoms with Gasteiger partial charge < -0.3 is 31.5 Å². The smallest absolute Gasteiger partial charge is 0.355 e. The van der Waals surface area contributed by atoms with Crippen molar-refractivity contribution >= 4 is 49.1 Å². The van der Waals surface area contributed by atoms with E-state index in [4.69, 9.17) is 16.2 Å². The molecular weight excluding hydrogens is 576 g/mol. The van der Waals surface area contributed by atoms with Gasteiger partial charge in [-0.25, -0.2) is 19.2 Å². The zero-order valence-corrected chi connectivity index (χ0v) is 25.0. The summed E-state index contributed by atoms with van der Waals surface area (Å²) in [4.78, 5) is 23.8. The Bertz CT molecular complexity index is 1610. The molecule has 12 heteroatoms. The molecule has 5 rings (SSSR count). The van der Waals surface area contributed by atoms with Gasteiger partial charge in [0.25, 0.3) is 0 Å². The average molecular weight is 609 g/mol. The highest BCUT2D eigenvalue weighted by Crippen LogP contribution is 2.38.